The predicted molar refractivity (Wildman–Crippen MR) is 60.4 cm³/mol. The maximum absolute atomic E-state index is 3.81. The SMILES string of the molecule is C=Cc1c(C)cc(C)[n+](I)c1C. The van der Waals surface area contributed by atoms with Gasteiger partial charge in [-0.15, -0.1) is 2.78 Å². The van der Waals surface area contributed by atoms with Crippen LogP contribution in [-0.2, 0) is 0 Å². The number of halogens is 1. The van der Waals surface area contributed by atoms with E-state index in [4.69, 9.17) is 0 Å². The molecule has 1 rings (SSSR count). The third-order valence-corrected chi connectivity index (χ3v) is 3.53. The Hall–Kier alpha value is -0.380. The molecule has 1 aromatic heterocycles. The second kappa shape index (κ2) is 3.56. The molecule has 12 heavy (non-hydrogen) atoms. The van der Waals surface area contributed by atoms with Crippen molar-refractivity contribution in [2.45, 2.75) is 20.8 Å². The second-order valence-corrected chi connectivity index (χ2v) is 3.92. The molecule has 1 nitrogen and oxygen atoms in total. The minimum atomic E-state index is 1.25. The number of aryl methyl sites for hydroxylation is 2. The van der Waals surface area contributed by atoms with Crippen LogP contribution in [0.2, 0.25) is 0 Å². The minimum Gasteiger partial charge on any atom is -0.138 e. The van der Waals surface area contributed by atoms with Gasteiger partial charge in [-0.2, -0.15) is 0 Å². The average molecular weight is 274 g/mol. The number of hydrogen-bond acceptors (Lipinski definition) is 0. The molecule has 0 aliphatic carbocycles. The van der Waals surface area contributed by atoms with E-state index in [0.717, 1.165) is 0 Å². The van der Waals surface area contributed by atoms with E-state index in [9.17, 15) is 0 Å². The number of hydrogen-bond donors (Lipinski definition) is 0. The van der Waals surface area contributed by atoms with Crippen molar-refractivity contribution in [2.24, 2.45) is 0 Å². The molecular weight excluding hydrogens is 261 g/mol. The highest BCUT2D eigenvalue weighted by Gasteiger charge is 2.13. The van der Waals surface area contributed by atoms with Crippen LogP contribution in [0.4, 0.5) is 0 Å². The van der Waals surface area contributed by atoms with E-state index in [2.05, 4.69) is 59.1 Å². The van der Waals surface area contributed by atoms with Gasteiger partial charge in [0.2, 0.25) is 0 Å². The molecule has 0 saturated heterocycles. The Morgan fingerprint density at radius 3 is 2.50 bits per heavy atom. The normalized spacial score (nSPS) is 10.0. The first-order valence-corrected chi connectivity index (χ1v) is 4.86. The van der Waals surface area contributed by atoms with Crippen molar-refractivity contribution < 1.29 is 2.78 Å². The molecular formula is C10H13IN+. The molecule has 1 aromatic rings. The zero-order chi connectivity index (χ0) is 9.30. The Kier molecular flexibility index (Phi) is 2.88. The Bertz CT molecular complexity index is 329. The molecule has 0 bridgehead atoms. The molecule has 64 valence electrons. The van der Waals surface area contributed by atoms with E-state index >= 15 is 0 Å². The lowest BCUT2D eigenvalue weighted by Crippen LogP contribution is -2.29. The van der Waals surface area contributed by atoms with Crippen molar-refractivity contribution in [1.29, 1.82) is 0 Å². The number of pyridine rings is 1. The first kappa shape index (κ1) is 9.71. The molecule has 0 amide bonds. The summed E-state index contributed by atoms with van der Waals surface area (Å²) in [6.45, 7) is 10.2. The molecule has 0 radical (unpaired) electrons. The molecule has 0 aliphatic rings. The van der Waals surface area contributed by atoms with Crippen LogP contribution in [0.3, 0.4) is 0 Å². The van der Waals surface area contributed by atoms with Crippen LogP contribution in [0.1, 0.15) is 22.5 Å². The van der Waals surface area contributed by atoms with Gasteiger partial charge < -0.3 is 0 Å². The monoisotopic (exact) mass is 274 g/mol. The largest absolute Gasteiger partial charge is 0.354 e. The Balaban J connectivity index is 3.51. The van der Waals surface area contributed by atoms with Crippen LogP contribution in [0.5, 0.6) is 0 Å². The Morgan fingerprint density at radius 2 is 2.00 bits per heavy atom. The number of rotatable bonds is 1. The van der Waals surface area contributed by atoms with E-state index in [-0.39, 0.29) is 0 Å². The summed E-state index contributed by atoms with van der Waals surface area (Å²) in [4.78, 5) is 0. The van der Waals surface area contributed by atoms with Crippen molar-refractivity contribution >= 4 is 28.9 Å². The van der Waals surface area contributed by atoms with Gasteiger partial charge in [0.05, 0.1) is 0 Å². The highest BCUT2D eigenvalue weighted by molar-refractivity contribution is 14.1. The lowest BCUT2D eigenvalue weighted by molar-refractivity contribution is -0.457. The van der Waals surface area contributed by atoms with Crippen LogP contribution in [-0.4, -0.2) is 0 Å². The van der Waals surface area contributed by atoms with E-state index in [0.29, 0.717) is 0 Å². The van der Waals surface area contributed by atoms with Crippen LogP contribution < -0.4 is 2.78 Å². The van der Waals surface area contributed by atoms with Crippen molar-refractivity contribution in [3.05, 3.63) is 35.2 Å². The van der Waals surface area contributed by atoms with E-state index in [1.807, 2.05) is 6.08 Å². The van der Waals surface area contributed by atoms with Gasteiger partial charge in [0, 0.05) is 25.5 Å². The van der Waals surface area contributed by atoms with Crippen molar-refractivity contribution in [3.63, 3.8) is 0 Å². The molecule has 0 aromatic carbocycles. The summed E-state index contributed by atoms with van der Waals surface area (Å²) < 4.78 is 2.15. The average Bonchev–Trinajstić information content (AvgIpc) is 2.01. The predicted octanol–water partition coefficient (Wildman–Crippen LogP) is 2.74. The number of aromatic nitrogens is 1. The molecule has 0 N–H and O–H groups in total. The summed E-state index contributed by atoms with van der Waals surface area (Å²) in [7, 11) is 0. The van der Waals surface area contributed by atoms with Gasteiger partial charge in [-0.1, -0.05) is 12.7 Å². The van der Waals surface area contributed by atoms with E-state index in [1.54, 1.807) is 0 Å². The summed E-state index contributed by atoms with van der Waals surface area (Å²) in [5, 5.41) is 0. The summed E-state index contributed by atoms with van der Waals surface area (Å²) in [6, 6.07) is 2.18. The molecule has 0 fully saturated rings. The van der Waals surface area contributed by atoms with Gasteiger partial charge >= 0.3 is 22.9 Å². The zero-order valence-corrected chi connectivity index (χ0v) is 9.84. The maximum atomic E-state index is 3.81. The second-order valence-electron chi connectivity index (χ2n) is 2.95. The smallest absolute Gasteiger partial charge is 0.138 e. The van der Waals surface area contributed by atoms with Gasteiger partial charge in [-0.05, 0) is 12.5 Å². The fourth-order valence-corrected chi connectivity index (χ4v) is 1.81. The topological polar surface area (TPSA) is 3.88 Å². The third-order valence-electron chi connectivity index (χ3n) is 2.05. The first-order valence-electron chi connectivity index (χ1n) is 3.89. The fourth-order valence-electron chi connectivity index (χ4n) is 1.41. The van der Waals surface area contributed by atoms with Crippen molar-refractivity contribution in [3.8, 4) is 0 Å². The zero-order valence-electron chi connectivity index (χ0n) is 7.69. The molecule has 0 spiro atoms. The van der Waals surface area contributed by atoms with Gasteiger partial charge in [-0.3, -0.25) is 0 Å². The molecule has 0 unspecified atom stereocenters. The minimum absolute atomic E-state index is 1.25. The highest BCUT2D eigenvalue weighted by atomic mass is 127. The van der Waals surface area contributed by atoms with Crippen LogP contribution in [0.25, 0.3) is 6.08 Å². The number of nitrogens with zero attached hydrogens (tertiary/aromatic N) is 1. The Labute approximate surface area is 87.6 Å². The summed E-state index contributed by atoms with van der Waals surface area (Å²) in [5.41, 5.74) is 5.09. The molecule has 0 aliphatic heterocycles. The first-order chi connectivity index (χ1) is 5.57. The molecule has 0 saturated carbocycles. The highest BCUT2D eigenvalue weighted by Crippen LogP contribution is 2.13. The van der Waals surface area contributed by atoms with Gasteiger partial charge in [0.15, 0.2) is 11.4 Å². The van der Waals surface area contributed by atoms with Crippen molar-refractivity contribution in [1.82, 2.24) is 0 Å². The molecule has 2 heteroatoms. The maximum Gasteiger partial charge on any atom is 0.354 e. The Morgan fingerprint density at radius 1 is 1.42 bits per heavy atom. The summed E-state index contributed by atoms with van der Waals surface area (Å²) in [6.07, 6.45) is 1.92. The lowest BCUT2D eigenvalue weighted by Gasteiger charge is -2.02. The lowest BCUT2D eigenvalue weighted by atomic mass is 10.1. The van der Waals surface area contributed by atoms with E-state index < -0.39 is 0 Å². The standard InChI is InChI=1S/C10H13IN/c1-5-10-7(2)6-8(3)12(11)9(10)4/h5-6H,1H2,2-4H3/q+1. The summed E-state index contributed by atoms with van der Waals surface area (Å²) in [5.74, 6) is 0. The third kappa shape index (κ3) is 1.53. The van der Waals surface area contributed by atoms with Gasteiger partial charge in [0.1, 0.15) is 0 Å². The van der Waals surface area contributed by atoms with Crippen LogP contribution >= 0.6 is 22.9 Å². The molecule has 0 atom stereocenters. The van der Waals surface area contributed by atoms with E-state index in [1.165, 1.54) is 22.5 Å². The quantitative estimate of drug-likeness (QED) is 0.693. The molecule has 1 heterocycles. The van der Waals surface area contributed by atoms with Crippen molar-refractivity contribution in [2.75, 3.05) is 0 Å². The van der Waals surface area contributed by atoms with Gasteiger partial charge in [0.25, 0.3) is 0 Å². The summed E-state index contributed by atoms with van der Waals surface area (Å²) >= 11 is 2.30. The fraction of sp³-hybridized carbons (Fsp3) is 0.300. The van der Waals surface area contributed by atoms with Gasteiger partial charge in [-0.25, -0.2) is 0 Å². The van der Waals surface area contributed by atoms with Crippen LogP contribution in [0.15, 0.2) is 12.6 Å². The van der Waals surface area contributed by atoms with Crippen LogP contribution in [0, 0.1) is 20.8 Å².